The third kappa shape index (κ3) is 7.99. The average molecular weight is 499 g/mol. The van der Waals surface area contributed by atoms with E-state index in [1.165, 1.54) is 0 Å². The van der Waals surface area contributed by atoms with Crippen molar-refractivity contribution >= 4 is 39.5 Å². The minimum atomic E-state index is -0.882. The lowest BCUT2D eigenvalue weighted by Crippen LogP contribution is -2.10. The quantitative estimate of drug-likeness (QED) is 0.245. The van der Waals surface area contributed by atoms with Crippen LogP contribution in [0, 0.1) is 0 Å². The first-order valence-corrected chi connectivity index (χ1v) is 12.9. The molecule has 36 heavy (non-hydrogen) atoms. The molecular formula is C27H38N4O5. The number of carboxylic acids is 1. The fraction of sp³-hybridized carbons (Fsp3) is 0.556. The Morgan fingerprint density at radius 2 is 1.69 bits per heavy atom. The topological polar surface area (TPSA) is 130 Å². The van der Waals surface area contributed by atoms with Crippen LogP contribution in [-0.4, -0.2) is 57.8 Å². The zero-order chi connectivity index (χ0) is 25.8. The van der Waals surface area contributed by atoms with E-state index in [1.807, 2.05) is 18.2 Å². The summed E-state index contributed by atoms with van der Waals surface area (Å²) in [5, 5.41) is 9.61. The van der Waals surface area contributed by atoms with Crippen molar-refractivity contribution in [3.63, 3.8) is 0 Å². The number of aromatic nitrogens is 3. The number of unbranched alkanes of at least 4 members (excludes halogenated alkanes) is 3. The molecule has 0 atom stereocenters. The number of nitrogens with two attached hydrogens (primary N) is 1. The number of benzene rings is 1. The molecule has 0 aliphatic rings. The number of hydrogen-bond donors (Lipinski definition) is 2. The van der Waals surface area contributed by atoms with Crippen LogP contribution >= 0.6 is 0 Å². The molecular weight excluding hydrogens is 460 g/mol. The number of carbonyl (C=O) groups excluding carboxylic acids is 1. The minimum absolute atomic E-state index is 0.0164. The van der Waals surface area contributed by atoms with E-state index in [0.717, 1.165) is 72.8 Å². The summed E-state index contributed by atoms with van der Waals surface area (Å²) in [7, 11) is 0. The smallest absolute Gasteiger partial charge is 0.305 e. The number of imidazole rings is 1. The molecule has 1 aromatic carbocycles. The molecule has 0 aliphatic carbocycles. The standard InChI is InChI=1S/C27H38N4O5/c1-2-3-12-23-30-25-26(21-10-6-7-11-22(21)29-27(25)28)31(23)15-8-4-5-9-20(32)13-16-35-18-19-36-17-14-24(33)34/h6-7,10-11H,2-5,8-9,12-19H2,1H3,(H2,28,29)(H,33,34). The molecule has 0 spiro atoms. The summed E-state index contributed by atoms with van der Waals surface area (Å²) in [6, 6.07) is 8.05. The summed E-state index contributed by atoms with van der Waals surface area (Å²) in [5.41, 5.74) is 8.99. The van der Waals surface area contributed by atoms with Crippen LogP contribution in [0.5, 0.6) is 0 Å². The molecule has 0 bridgehead atoms. The molecule has 196 valence electrons. The Kier molecular flexibility index (Phi) is 11.1. The first-order chi connectivity index (χ1) is 17.5. The lowest BCUT2D eigenvalue weighted by molar-refractivity contribution is -0.138. The molecule has 0 saturated heterocycles. The fourth-order valence-electron chi connectivity index (χ4n) is 4.23. The lowest BCUT2D eigenvalue weighted by atomic mass is 10.1. The van der Waals surface area contributed by atoms with Gasteiger partial charge in [-0.25, -0.2) is 9.97 Å². The van der Waals surface area contributed by atoms with Crippen LogP contribution in [0.25, 0.3) is 21.9 Å². The van der Waals surface area contributed by atoms with Crippen LogP contribution in [0.1, 0.15) is 64.1 Å². The number of aryl methyl sites for hydroxylation is 2. The van der Waals surface area contributed by atoms with Gasteiger partial charge >= 0.3 is 5.97 Å². The molecule has 0 saturated carbocycles. The van der Waals surface area contributed by atoms with E-state index >= 15 is 0 Å². The number of nitrogen functional groups attached to an aromatic ring is 1. The van der Waals surface area contributed by atoms with Gasteiger partial charge in [-0.15, -0.1) is 0 Å². The Balaban J connectivity index is 1.45. The van der Waals surface area contributed by atoms with E-state index in [4.69, 9.17) is 25.3 Å². The van der Waals surface area contributed by atoms with Gasteiger partial charge in [0.1, 0.15) is 17.1 Å². The van der Waals surface area contributed by atoms with Gasteiger partial charge < -0.3 is 24.9 Å². The highest BCUT2D eigenvalue weighted by molar-refractivity contribution is 6.06. The summed E-state index contributed by atoms with van der Waals surface area (Å²) in [6.07, 6.45) is 6.75. The van der Waals surface area contributed by atoms with Gasteiger partial charge in [-0.05, 0) is 25.3 Å². The van der Waals surface area contributed by atoms with Crippen molar-refractivity contribution < 1.29 is 24.2 Å². The van der Waals surface area contributed by atoms with E-state index in [2.05, 4.69) is 22.5 Å². The van der Waals surface area contributed by atoms with Gasteiger partial charge in [-0.1, -0.05) is 38.0 Å². The molecule has 2 heterocycles. The van der Waals surface area contributed by atoms with Gasteiger partial charge in [-0.3, -0.25) is 9.59 Å². The zero-order valence-corrected chi connectivity index (χ0v) is 21.2. The molecule has 0 fully saturated rings. The number of hydrogen-bond acceptors (Lipinski definition) is 7. The fourth-order valence-corrected chi connectivity index (χ4v) is 4.23. The second-order valence-electron chi connectivity index (χ2n) is 8.96. The highest BCUT2D eigenvalue weighted by Gasteiger charge is 2.16. The van der Waals surface area contributed by atoms with Gasteiger partial charge in [0.25, 0.3) is 0 Å². The second-order valence-corrected chi connectivity index (χ2v) is 8.96. The van der Waals surface area contributed by atoms with Crippen molar-refractivity contribution in [1.29, 1.82) is 0 Å². The third-order valence-corrected chi connectivity index (χ3v) is 6.14. The number of carbonyl (C=O) groups is 2. The highest BCUT2D eigenvalue weighted by Crippen LogP contribution is 2.29. The molecule has 0 amide bonds. The summed E-state index contributed by atoms with van der Waals surface area (Å²) in [6.45, 7) is 4.25. The number of Topliss-reactive ketones (excluding diaryl/α,β-unsaturated/α-hetero) is 1. The first-order valence-electron chi connectivity index (χ1n) is 12.9. The minimum Gasteiger partial charge on any atom is -0.481 e. The number of carboxylic acid groups (broad SMARTS) is 1. The summed E-state index contributed by atoms with van der Waals surface area (Å²) < 4.78 is 12.9. The van der Waals surface area contributed by atoms with Crippen LogP contribution in [0.15, 0.2) is 24.3 Å². The van der Waals surface area contributed by atoms with Crippen LogP contribution in [-0.2, 0) is 32.0 Å². The second kappa shape index (κ2) is 14.5. The van der Waals surface area contributed by atoms with Crippen molar-refractivity contribution in [3.05, 3.63) is 30.1 Å². The molecule has 3 N–H and O–H groups in total. The molecule has 2 aromatic heterocycles. The molecule has 0 aliphatic heterocycles. The van der Waals surface area contributed by atoms with Crippen molar-refractivity contribution in [2.45, 2.75) is 71.3 Å². The van der Waals surface area contributed by atoms with Gasteiger partial charge in [0.2, 0.25) is 0 Å². The van der Waals surface area contributed by atoms with Gasteiger partial charge in [0, 0.05) is 31.2 Å². The number of ether oxygens (including phenoxy) is 2. The number of ketones is 1. The molecule has 0 radical (unpaired) electrons. The molecule has 9 heteroatoms. The van der Waals surface area contributed by atoms with Crippen LogP contribution < -0.4 is 5.73 Å². The summed E-state index contributed by atoms with van der Waals surface area (Å²) in [5.74, 6) is 0.840. The Bertz CT molecular complexity index is 1140. The number of pyridine rings is 1. The van der Waals surface area contributed by atoms with E-state index in [-0.39, 0.29) is 18.8 Å². The largest absolute Gasteiger partial charge is 0.481 e. The van der Waals surface area contributed by atoms with Crippen LogP contribution in [0.3, 0.4) is 0 Å². The van der Waals surface area contributed by atoms with Gasteiger partial charge in [0.15, 0.2) is 5.82 Å². The predicted molar refractivity (Wildman–Crippen MR) is 140 cm³/mol. The van der Waals surface area contributed by atoms with Crippen molar-refractivity contribution in [2.75, 3.05) is 32.2 Å². The van der Waals surface area contributed by atoms with Crippen LogP contribution in [0.2, 0.25) is 0 Å². The van der Waals surface area contributed by atoms with E-state index in [0.29, 0.717) is 38.5 Å². The summed E-state index contributed by atoms with van der Waals surface area (Å²) in [4.78, 5) is 32.0. The Labute approximate surface area is 212 Å². The Morgan fingerprint density at radius 1 is 0.944 bits per heavy atom. The van der Waals surface area contributed by atoms with Crippen molar-refractivity contribution in [2.24, 2.45) is 0 Å². The third-order valence-electron chi connectivity index (χ3n) is 6.14. The van der Waals surface area contributed by atoms with Crippen molar-refractivity contribution in [3.8, 4) is 0 Å². The predicted octanol–water partition coefficient (Wildman–Crippen LogP) is 4.54. The SMILES string of the molecule is CCCCc1nc2c(N)nc3ccccc3c2n1CCCCCC(=O)CCOCCOCCC(=O)O. The van der Waals surface area contributed by atoms with Crippen LogP contribution in [0.4, 0.5) is 5.82 Å². The highest BCUT2D eigenvalue weighted by atomic mass is 16.5. The number of para-hydroxylation sites is 1. The molecule has 3 rings (SSSR count). The number of anilines is 1. The van der Waals surface area contributed by atoms with Gasteiger partial charge in [-0.2, -0.15) is 0 Å². The van der Waals surface area contributed by atoms with Crippen molar-refractivity contribution in [1.82, 2.24) is 14.5 Å². The lowest BCUT2D eigenvalue weighted by Gasteiger charge is -2.11. The van der Waals surface area contributed by atoms with Gasteiger partial charge in [0.05, 0.1) is 43.9 Å². The molecule has 0 unspecified atom stereocenters. The zero-order valence-electron chi connectivity index (χ0n) is 21.2. The first kappa shape index (κ1) is 27.5. The molecule has 9 nitrogen and oxygen atoms in total. The molecule has 3 aromatic rings. The summed E-state index contributed by atoms with van der Waals surface area (Å²) >= 11 is 0. The Hall–Kier alpha value is -3.04. The maximum atomic E-state index is 12.2. The number of nitrogens with zero attached hydrogens (tertiary/aromatic N) is 3. The normalized spacial score (nSPS) is 11.5. The maximum absolute atomic E-state index is 12.2. The number of fused-ring (bicyclic) bond motifs is 3. The number of rotatable bonds is 18. The number of aliphatic carboxylic acids is 1. The Morgan fingerprint density at radius 3 is 2.44 bits per heavy atom. The van der Waals surface area contributed by atoms with E-state index in [9.17, 15) is 9.59 Å². The monoisotopic (exact) mass is 498 g/mol. The maximum Gasteiger partial charge on any atom is 0.305 e. The van der Waals surface area contributed by atoms with E-state index < -0.39 is 5.97 Å². The average Bonchev–Trinajstić information content (AvgIpc) is 3.23. The van der Waals surface area contributed by atoms with E-state index in [1.54, 1.807) is 0 Å².